The molecule has 1 aliphatic carbocycles. The van der Waals surface area contributed by atoms with E-state index in [0.717, 1.165) is 12.8 Å². The Morgan fingerprint density at radius 3 is 2.65 bits per heavy atom. The molecular weight excluding hydrogens is 305 g/mol. The number of carbonyl (C=O) groups is 1. The minimum absolute atomic E-state index is 0.0110. The summed E-state index contributed by atoms with van der Waals surface area (Å²) in [6.45, 7) is 0.245. The molecule has 2 rings (SSSR count). The molecule has 0 aromatic heterocycles. The zero-order valence-electron chi connectivity index (χ0n) is 10.6. The van der Waals surface area contributed by atoms with Crippen LogP contribution in [0.3, 0.4) is 0 Å². The molecule has 1 aromatic rings. The van der Waals surface area contributed by atoms with Crippen molar-refractivity contribution in [2.75, 3.05) is 6.61 Å². The van der Waals surface area contributed by atoms with Gasteiger partial charge in [-0.1, -0.05) is 23.2 Å². The second kappa shape index (κ2) is 6.41. The van der Waals surface area contributed by atoms with Crippen molar-refractivity contribution in [2.24, 2.45) is 5.92 Å². The molecule has 0 radical (unpaired) electrons. The van der Waals surface area contributed by atoms with E-state index < -0.39 is 4.92 Å². The lowest BCUT2D eigenvalue weighted by molar-refractivity contribution is -0.385. The SMILES string of the molecule is O=C1CCCC1CCOc1cc(Cl)c(Cl)cc1[N+](=O)[O-]. The topological polar surface area (TPSA) is 69.4 Å². The van der Waals surface area contributed by atoms with Crippen LogP contribution in [-0.2, 0) is 4.79 Å². The average molecular weight is 318 g/mol. The molecular formula is C13H13Cl2NO4. The average Bonchev–Trinajstić information content (AvgIpc) is 2.79. The van der Waals surface area contributed by atoms with Crippen molar-refractivity contribution < 1.29 is 14.5 Å². The highest BCUT2D eigenvalue weighted by Gasteiger charge is 2.25. The van der Waals surface area contributed by atoms with Crippen LogP contribution < -0.4 is 4.74 Å². The van der Waals surface area contributed by atoms with Crippen LogP contribution in [0, 0.1) is 16.0 Å². The Hall–Kier alpha value is -1.33. The molecule has 0 heterocycles. The van der Waals surface area contributed by atoms with Crippen molar-refractivity contribution >= 4 is 34.7 Å². The Kier molecular flexibility index (Phi) is 4.83. The molecule has 0 aliphatic heterocycles. The number of ether oxygens (including phenoxy) is 1. The standard InChI is InChI=1S/C13H13Cl2NO4/c14-9-6-11(16(18)19)13(7-10(9)15)20-5-4-8-2-1-3-12(8)17/h6-8H,1-5H2. The Morgan fingerprint density at radius 1 is 1.35 bits per heavy atom. The number of nitro benzene ring substituents is 1. The lowest BCUT2D eigenvalue weighted by atomic mass is 10.0. The number of hydrogen-bond acceptors (Lipinski definition) is 4. The first-order chi connectivity index (χ1) is 9.49. The summed E-state index contributed by atoms with van der Waals surface area (Å²) < 4.78 is 5.41. The van der Waals surface area contributed by atoms with Crippen molar-refractivity contribution in [1.29, 1.82) is 0 Å². The number of halogens is 2. The molecule has 1 saturated carbocycles. The predicted molar refractivity (Wildman–Crippen MR) is 75.6 cm³/mol. The van der Waals surface area contributed by atoms with Gasteiger partial charge in [0.2, 0.25) is 0 Å². The van der Waals surface area contributed by atoms with Crippen LogP contribution in [0.15, 0.2) is 12.1 Å². The summed E-state index contributed by atoms with van der Waals surface area (Å²) in [4.78, 5) is 21.8. The summed E-state index contributed by atoms with van der Waals surface area (Å²) in [7, 11) is 0. The van der Waals surface area contributed by atoms with Gasteiger partial charge in [-0.15, -0.1) is 0 Å². The van der Waals surface area contributed by atoms with Crippen LogP contribution >= 0.6 is 23.2 Å². The highest BCUT2D eigenvalue weighted by atomic mass is 35.5. The number of ketones is 1. The van der Waals surface area contributed by atoms with Crippen LogP contribution in [0.25, 0.3) is 0 Å². The van der Waals surface area contributed by atoms with E-state index >= 15 is 0 Å². The van der Waals surface area contributed by atoms with Crippen molar-refractivity contribution in [3.8, 4) is 5.75 Å². The molecule has 1 aromatic carbocycles. The molecule has 1 atom stereocenters. The number of carbonyl (C=O) groups excluding carboxylic acids is 1. The number of Topliss-reactive ketones (excluding diaryl/α,β-unsaturated/α-hetero) is 1. The first kappa shape index (κ1) is 15.1. The molecule has 1 unspecified atom stereocenters. The van der Waals surface area contributed by atoms with Crippen molar-refractivity contribution in [2.45, 2.75) is 25.7 Å². The van der Waals surface area contributed by atoms with Gasteiger partial charge in [0.15, 0.2) is 5.75 Å². The van der Waals surface area contributed by atoms with E-state index in [1.54, 1.807) is 0 Å². The van der Waals surface area contributed by atoms with Crippen LogP contribution in [-0.4, -0.2) is 17.3 Å². The van der Waals surface area contributed by atoms with Gasteiger partial charge in [0, 0.05) is 24.5 Å². The van der Waals surface area contributed by atoms with Gasteiger partial charge < -0.3 is 4.74 Å². The summed E-state index contributed by atoms with van der Waals surface area (Å²) in [5.41, 5.74) is -0.225. The second-order valence-corrected chi connectivity index (χ2v) is 5.50. The van der Waals surface area contributed by atoms with Gasteiger partial charge in [-0.25, -0.2) is 0 Å². The van der Waals surface area contributed by atoms with E-state index in [0.29, 0.717) is 12.8 Å². The minimum Gasteiger partial charge on any atom is -0.487 e. The van der Waals surface area contributed by atoms with Gasteiger partial charge in [-0.3, -0.25) is 14.9 Å². The fourth-order valence-corrected chi connectivity index (χ4v) is 2.59. The molecule has 0 spiro atoms. The number of rotatable bonds is 5. The maximum absolute atomic E-state index is 11.5. The quantitative estimate of drug-likeness (QED) is 0.607. The maximum Gasteiger partial charge on any atom is 0.312 e. The first-order valence-corrected chi connectivity index (χ1v) is 7.03. The van der Waals surface area contributed by atoms with Crippen LogP contribution in [0.4, 0.5) is 5.69 Å². The summed E-state index contributed by atoms with van der Waals surface area (Å²) in [5, 5.41) is 11.2. The van der Waals surface area contributed by atoms with Crippen molar-refractivity contribution in [1.82, 2.24) is 0 Å². The largest absolute Gasteiger partial charge is 0.487 e. The van der Waals surface area contributed by atoms with E-state index in [4.69, 9.17) is 27.9 Å². The number of nitrogens with zero attached hydrogens (tertiary/aromatic N) is 1. The molecule has 0 bridgehead atoms. The predicted octanol–water partition coefficient (Wildman–Crippen LogP) is 4.04. The molecule has 5 nitrogen and oxygen atoms in total. The van der Waals surface area contributed by atoms with Crippen LogP contribution in [0.5, 0.6) is 5.75 Å². The first-order valence-electron chi connectivity index (χ1n) is 6.28. The molecule has 0 N–H and O–H groups in total. The summed E-state index contributed by atoms with van der Waals surface area (Å²) in [6, 6.07) is 2.50. The van der Waals surface area contributed by atoms with E-state index in [9.17, 15) is 14.9 Å². The number of benzene rings is 1. The lowest BCUT2D eigenvalue weighted by Gasteiger charge is -2.10. The fourth-order valence-electron chi connectivity index (χ4n) is 2.28. The van der Waals surface area contributed by atoms with Gasteiger partial charge in [-0.05, 0) is 19.3 Å². The molecule has 20 heavy (non-hydrogen) atoms. The Morgan fingerprint density at radius 2 is 2.05 bits per heavy atom. The molecule has 7 heteroatoms. The van der Waals surface area contributed by atoms with Crippen LogP contribution in [0.2, 0.25) is 10.0 Å². The highest BCUT2D eigenvalue weighted by Crippen LogP contribution is 2.36. The molecule has 1 fully saturated rings. The zero-order valence-corrected chi connectivity index (χ0v) is 12.1. The van der Waals surface area contributed by atoms with E-state index in [2.05, 4.69) is 0 Å². The molecule has 1 aliphatic rings. The maximum atomic E-state index is 11.5. The monoisotopic (exact) mass is 317 g/mol. The third kappa shape index (κ3) is 3.41. The van der Waals surface area contributed by atoms with Gasteiger partial charge in [0.05, 0.1) is 21.6 Å². The van der Waals surface area contributed by atoms with Crippen molar-refractivity contribution in [3.05, 3.63) is 32.3 Å². The Bertz CT molecular complexity index is 547. The summed E-state index contributed by atoms with van der Waals surface area (Å²) in [5.74, 6) is 0.337. The van der Waals surface area contributed by atoms with Crippen molar-refractivity contribution in [3.63, 3.8) is 0 Å². The van der Waals surface area contributed by atoms with Gasteiger partial charge >= 0.3 is 5.69 Å². The van der Waals surface area contributed by atoms with Gasteiger partial charge in [0.1, 0.15) is 5.78 Å². The van der Waals surface area contributed by atoms with Gasteiger partial charge in [0.25, 0.3) is 0 Å². The third-order valence-electron chi connectivity index (χ3n) is 3.35. The van der Waals surface area contributed by atoms with E-state index in [1.807, 2.05) is 0 Å². The van der Waals surface area contributed by atoms with Gasteiger partial charge in [-0.2, -0.15) is 0 Å². The van der Waals surface area contributed by atoms with Crippen LogP contribution in [0.1, 0.15) is 25.7 Å². The normalized spacial score (nSPS) is 18.3. The van der Waals surface area contributed by atoms with E-state index in [-0.39, 0.29) is 39.8 Å². The smallest absolute Gasteiger partial charge is 0.312 e. The highest BCUT2D eigenvalue weighted by molar-refractivity contribution is 6.42. The fraction of sp³-hybridized carbons (Fsp3) is 0.462. The molecule has 108 valence electrons. The molecule has 0 amide bonds. The zero-order chi connectivity index (χ0) is 14.7. The van der Waals surface area contributed by atoms with E-state index in [1.165, 1.54) is 12.1 Å². The Balaban J connectivity index is 2.03. The minimum atomic E-state index is -0.571. The summed E-state index contributed by atoms with van der Waals surface area (Å²) >= 11 is 11.6. The number of nitro groups is 1. The number of hydrogen-bond donors (Lipinski definition) is 0. The molecule has 0 saturated heterocycles. The third-order valence-corrected chi connectivity index (χ3v) is 4.08. The summed E-state index contributed by atoms with van der Waals surface area (Å²) in [6.07, 6.45) is 2.97. The second-order valence-electron chi connectivity index (χ2n) is 4.68. The lowest BCUT2D eigenvalue weighted by Crippen LogP contribution is -2.11. The Labute approximate surface area is 126 Å².